The average Bonchev–Trinajstić information content (AvgIpc) is 3.42. The van der Waals surface area contributed by atoms with Crippen molar-refractivity contribution in [3.8, 4) is 11.3 Å². The van der Waals surface area contributed by atoms with E-state index >= 15 is 0 Å². The molecule has 0 fully saturated rings. The molecule has 0 radical (unpaired) electrons. The zero-order chi connectivity index (χ0) is 23.1. The van der Waals surface area contributed by atoms with Crippen LogP contribution >= 0.6 is 23.1 Å². The number of nitrogens with one attached hydrogen (secondary N) is 1. The second-order valence-corrected chi connectivity index (χ2v) is 10.3. The molecule has 33 heavy (non-hydrogen) atoms. The van der Waals surface area contributed by atoms with Crippen LogP contribution < -0.4 is 5.32 Å². The van der Waals surface area contributed by atoms with Gasteiger partial charge in [0.05, 0.1) is 16.5 Å². The summed E-state index contributed by atoms with van der Waals surface area (Å²) in [7, 11) is 0. The SMILES string of the molecule is Cc1ccc(-c2csc(NC(=O)C(C)Sc3nnc4cc(C)c5cccc(C)c5n34)n2)cc1. The van der Waals surface area contributed by atoms with Gasteiger partial charge in [-0.1, -0.05) is 59.8 Å². The van der Waals surface area contributed by atoms with E-state index in [1.54, 1.807) is 0 Å². The highest BCUT2D eigenvalue weighted by Crippen LogP contribution is 2.31. The standard InChI is InChI=1S/C25H23N5OS2/c1-14-8-10-18(11-9-14)20-13-32-24(26-20)27-23(31)17(4)33-25-29-28-21-12-16(3)19-7-5-6-15(2)22(19)30(21)25/h5-13,17H,1-4H3,(H,26,27,31). The second-order valence-electron chi connectivity index (χ2n) is 8.13. The van der Waals surface area contributed by atoms with Crippen molar-refractivity contribution in [3.05, 3.63) is 70.6 Å². The summed E-state index contributed by atoms with van der Waals surface area (Å²) in [6, 6.07) is 16.5. The predicted molar refractivity (Wildman–Crippen MR) is 136 cm³/mol. The second kappa shape index (κ2) is 8.61. The van der Waals surface area contributed by atoms with Gasteiger partial charge in [-0.25, -0.2) is 4.98 Å². The number of rotatable bonds is 5. The monoisotopic (exact) mass is 473 g/mol. The predicted octanol–water partition coefficient (Wildman–Crippen LogP) is 6.05. The fourth-order valence-corrected chi connectivity index (χ4v) is 5.40. The Bertz CT molecular complexity index is 1490. The van der Waals surface area contributed by atoms with Crippen molar-refractivity contribution < 1.29 is 4.79 Å². The molecule has 0 aliphatic carbocycles. The van der Waals surface area contributed by atoms with Crippen LogP contribution in [0.2, 0.25) is 0 Å². The molecule has 1 amide bonds. The van der Waals surface area contributed by atoms with Crippen LogP contribution in [0.1, 0.15) is 23.6 Å². The highest BCUT2D eigenvalue weighted by atomic mass is 32.2. The molecule has 5 aromatic rings. The van der Waals surface area contributed by atoms with E-state index in [9.17, 15) is 4.79 Å². The van der Waals surface area contributed by atoms with Gasteiger partial charge in [-0.2, -0.15) is 0 Å². The minimum absolute atomic E-state index is 0.116. The summed E-state index contributed by atoms with van der Waals surface area (Å²) < 4.78 is 2.05. The zero-order valence-corrected chi connectivity index (χ0v) is 20.4. The van der Waals surface area contributed by atoms with Crippen LogP contribution in [0.25, 0.3) is 27.8 Å². The molecule has 0 saturated carbocycles. The lowest BCUT2D eigenvalue weighted by Gasteiger charge is -2.12. The molecule has 8 heteroatoms. The Morgan fingerprint density at radius 1 is 1.06 bits per heavy atom. The molecular weight excluding hydrogens is 450 g/mol. The van der Waals surface area contributed by atoms with Gasteiger partial charge in [0.1, 0.15) is 0 Å². The summed E-state index contributed by atoms with van der Waals surface area (Å²) in [5, 5.41) is 15.7. The number of benzene rings is 2. The Morgan fingerprint density at radius 2 is 1.85 bits per heavy atom. The summed E-state index contributed by atoms with van der Waals surface area (Å²) in [4.78, 5) is 17.5. The van der Waals surface area contributed by atoms with Gasteiger partial charge in [0.15, 0.2) is 15.9 Å². The summed E-state index contributed by atoms with van der Waals surface area (Å²) in [6.45, 7) is 8.09. The maximum absolute atomic E-state index is 12.9. The lowest BCUT2D eigenvalue weighted by Crippen LogP contribution is -2.22. The van der Waals surface area contributed by atoms with Crippen LogP contribution in [0, 0.1) is 20.8 Å². The van der Waals surface area contributed by atoms with Crippen molar-refractivity contribution in [2.24, 2.45) is 0 Å². The topological polar surface area (TPSA) is 72.2 Å². The van der Waals surface area contributed by atoms with Gasteiger partial charge in [0, 0.05) is 16.3 Å². The number of pyridine rings is 1. The average molecular weight is 474 g/mol. The molecule has 1 N–H and O–H groups in total. The Morgan fingerprint density at radius 3 is 2.64 bits per heavy atom. The lowest BCUT2D eigenvalue weighted by molar-refractivity contribution is -0.115. The number of thioether (sulfide) groups is 1. The molecule has 0 bridgehead atoms. The fraction of sp³-hybridized carbons (Fsp3) is 0.200. The van der Waals surface area contributed by atoms with Crippen molar-refractivity contribution in [3.63, 3.8) is 0 Å². The molecule has 0 saturated heterocycles. The number of thiazole rings is 1. The van der Waals surface area contributed by atoms with E-state index in [2.05, 4.69) is 71.6 Å². The van der Waals surface area contributed by atoms with E-state index in [0.29, 0.717) is 10.3 Å². The number of anilines is 1. The molecule has 3 aromatic heterocycles. The normalized spacial score (nSPS) is 12.4. The van der Waals surface area contributed by atoms with E-state index in [1.165, 1.54) is 28.7 Å². The third kappa shape index (κ3) is 4.12. The van der Waals surface area contributed by atoms with Gasteiger partial charge in [-0.15, -0.1) is 21.5 Å². The molecule has 1 unspecified atom stereocenters. The van der Waals surface area contributed by atoms with Crippen LogP contribution in [-0.2, 0) is 4.79 Å². The first-order chi connectivity index (χ1) is 15.9. The Kier molecular flexibility index (Phi) is 5.64. The Labute approximate surface area is 200 Å². The number of amides is 1. The van der Waals surface area contributed by atoms with E-state index in [1.807, 2.05) is 34.9 Å². The number of hydrogen-bond acceptors (Lipinski definition) is 6. The van der Waals surface area contributed by atoms with Gasteiger partial charge in [0.2, 0.25) is 5.91 Å². The molecule has 0 aliphatic heterocycles. The smallest absolute Gasteiger partial charge is 0.239 e. The van der Waals surface area contributed by atoms with Crippen molar-refractivity contribution >= 4 is 50.7 Å². The molecule has 0 spiro atoms. The van der Waals surface area contributed by atoms with Crippen LogP contribution in [0.5, 0.6) is 0 Å². The number of carbonyl (C=O) groups is 1. The number of hydrogen-bond donors (Lipinski definition) is 1. The number of para-hydroxylation sites is 1. The first-order valence-electron chi connectivity index (χ1n) is 10.6. The highest BCUT2D eigenvalue weighted by molar-refractivity contribution is 8.00. The quantitative estimate of drug-likeness (QED) is 0.315. The van der Waals surface area contributed by atoms with Crippen LogP contribution in [0.4, 0.5) is 5.13 Å². The fourth-order valence-electron chi connectivity index (χ4n) is 3.81. The maximum atomic E-state index is 12.9. The minimum atomic E-state index is -0.371. The van der Waals surface area contributed by atoms with Gasteiger partial charge in [-0.3, -0.25) is 9.20 Å². The number of aryl methyl sites for hydroxylation is 3. The van der Waals surface area contributed by atoms with Crippen LogP contribution in [0.15, 0.2) is 59.1 Å². The Balaban J connectivity index is 1.37. The van der Waals surface area contributed by atoms with Gasteiger partial charge in [0.25, 0.3) is 0 Å². The highest BCUT2D eigenvalue weighted by Gasteiger charge is 2.21. The molecule has 0 aliphatic rings. The largest absolute Gasteiger partial charge is 0.301 e. The van der Waals surface area contributed by atoms with Crippen molar-refractivity contribution in [2.45, 2.75) is 38.1 Å². The summed E-state index contributed by atoms with van der Waals surface area (Å²) in [5.74, 6) is -0.116. The number of aromatic nitrogens is 4. The van der Waals surface area contributed by atoms with Gasteiger partial charge in [-0.05, 0) is 44.9 Å². The molecule has 166 valence electrons. The molecule has 5 rings (SSSR count). The van der Waals surface area contributed by atoms with Crippen LogP contribution in [-0.4, -0.2) is 30.7 Å². The molecule has 1 atom stereocenters. The molecular formula is C25H23N5OS2. The first kappa shape index (κ1) is 21.6. The van der Waals surface area contributed by atoms with Crippen molar-refractivity contribution in [1.29, 1.82) is 0 Å². The van der Waals surface area contributed by atoms with E-state index in [-0.39, 0.29) is 11.2 Å². The van der Waals surface area contributed by atoms with E-state index < -0.39 is 0 Å². The minimum Gasteiger partial charge on any atom is -0.301 e. The third-order valence-electron chi connectivity index (χ3n) is 5.62. The summed E-state index contributed by atoms with van der Waals surface area (Å²) in [5.41, 5.74) is 7.26. The first-order valence-corrected chi connectivity index (χ1v) is 12.4. The number of carbonyl (C=O) groups excluding carboxylic acids is 1. The van der Waals surface area contributed by atoms with Gasteiger partial charge >= 0.3 is 0 Å². The van der Waals surface area contributed by atoms with Crippen molar-refractivity contribution in [1.82, 2.24) is 19.6 Å². The maximum Gasteiger partial charge on any atom is 0.239 e. The molecule has 2 aromatic carbocycles. The summed E-state index contributed by atoms with van der Waals surface area (Å²) in [6.07, 6.45) is 0. The lowest BCUT2D eigenvalue weighted by atomic mass is 10.1. The zero-order valence-electron chi connectivity index (χ0n) is 18.8. The molecule has 3 heterocycles. The number of fused-ring (bicyclic) bond motifs is 3. The third-order valence-corrected chi connectivity index (χ3v) is 7.42. The van der Waals surface area contributed by atoms with Crippen LogP contribution in [0.3, 0.4) is 0 Å². The van der Waals surface area contributed by atoms with E-state index in [4.69, 9.17) is 0 Å². The van der Waals surface area contributed by atoms with E-state index in [0.717, 1.165) is 38.9 Å². The number of nitrogens with zero attached hydrogens (tertiary/aromatic N) is 4. The van der Waals surface area contributed by atoms with Crippen molar-refractivity contribution in [2.75, 3.05) is 5.32 Å². The Hall–Kier alpha value is -3.23. The van der Waals surface area contributed by atoms with Gasteiger partial charge < -0.3 is 5.32 Å². The molecule has 6 nitrogen and oxygen atoms in total. The summed E-state index contributed by atoms with van der Waals surface area (Å²) >= 11 is 2.82.